The van der Waals surface area contributed by atoms with E-state index < -0.39 is 5.92 Å². The van der Waals surface area contributed by atoms with Crippen molar-refractivity contribution in [2.24, 2.45) is 0 Å². The summed E-state index contributed by atoms with van der Waals surface area (Å²) in [6, 6.07) is 15.4. The van der Waals surface area contributed by atoms with E-state index in [1.807, 2.05) is 58.0 Å². The lowest BCUT2D eigenvalue weighted by Gasteiger charge is -2.37. The quantitative estimate of drug-likeness (QED) is 0.660. The van der Waals surface area contributed by atoms with Gasteiger partial charge in [-0.05, 0) is 49.2 Å². The first-order valence-electron chi connectivity index (χ1n) is 10.3. The molecule has 1 aliphatic carbocycles. The van der Waals surface area contributed by atoms with Crippen molar-refractivity contribution in [3.8, 4) is 5.69 Å². The van der Waals surface area contributed by atoms with E-state index in [9.17, 15) is 13.6 Å². The standard InChI is InChI=1S/C23H24F2N4O/c24-23(25)11-9-22(10-12-23)14-28(16-27-22)13-21(30)17-5-7-18(8-6-17)29-15-26-19-3-1-2-4-20(19)29/h1-8,15,27H,9-14,16H2. The third-order valence-corrected chi connectivity index (χ3v) is 6.43. The molecule has 1 saturated carbocycles. The zero-order valence-corrected chi connectivity index (χ0v) is 16.7. The van der Waals surface area contributed by atoms with Crippen LogP contribution in [-0.2, 0) is 0 Å². The summed E-state index contributed by atoms with van der Waals surface area (Å²) in [4.78, 5) is 19.2. The van der Waals surface area contributed by atoms with E-state index in [0.29, 0.717) is 38.2 Å². The minimum atomic E-state index is -2.54. The fourth-order valence-corrected chi connectivity index (χ4v) is 4.63. The van der Waals surface area contributed by atoms with Gasteiger partial charge in [-0.3, -0.25) is 19.6 Å². The van der Waals surface area contributed by atoms with E-state index >= 15 is 0 Å². The van der Waals surface area contributed by atoms with Gasteiger partial charge in [0.25, 0.3) is 0 Å². The normalized spacial score (nSPS) is 20.7. The van der Waals surface area contributed by atoms with Crippen molar-refractivity contribution in [2.45, 2.75) is 37.1 Å². The number of imidazole rings is 1. The SMILES string of the molecule is O=C(CN1CNC2(CCC(F)(F)CC2)C1)c1ccc(-n2cnc3ccccc32)cc1. The third-order valence-electron chi connectivity index (χ3n) is 6.43. The highest BCUT2D eigenvalue weighted by Gasteiger charge is 2.46. The molecule has 2 aliphatic rings. The molecule has 3 aromatic rings. The van der Waals surface area contributed by atoms with Crippen molar-refractivity contribution >= 4 is 16.8 Å². The number of benzene rings is 2. The molecule has 2 aromatic carbocycles. The highest BCUT2D eigenvalue weighted by atomic mass is 19.3. The van der Waals surface area contributed by atoms with Gasteiger partial charge in [0.2, 0.25) is 5.92 Å². The smallest absolute Gasteiger partial charge is 0.248 e. The van der Waals surface area contributed by atoms with Crippen LogP contribution in [0.1, 0.15) is 36.0 Å². The van der Waals surface area contributed by atoms with Crippen LogP contribution >= 0.6 is 0 Å². The van der Waals surface area contributed by atoms with E-state index in [2.05, 4.69) is 10.3 Å². The highest BCUT2D eigenvalue weighted by molar-refractivity contribution is 5.97. The topological polar surface area (TPSA) is 50.2 Å². The minimum Gasteiger partial charge on any atom is -0.299 e. The summed E-state index contributed by atoms with van der Waals surface area (Å²) in [5.41, 5.74) is 3.27. The van der Waals surface area contributed by atoms with E-state index in [1.165, 1.54) is 0 Å². The third kappa shape index (κ3) is 3.63. The number of carbonyl (C=O) groups is 1. The molecule has 5 nitrogen and oxygen atoms in total. The lowest BCUT2D eigenvalue weighted by molar-refractivity contribution is -0.0524. The predicted octanol–water partition coefficient (Wildman–Crippen LogP) is 4.02. The molecule has 156 valence electrons. The monoisotopic (exact) mass is 410 g/mol. The van der Waals surface area contributed by atoms with Crippen LogP contribution < -0.4 is 5.32 Å². The Morgan fingerprint density at radius 1 is 1.03 bits per heavy atom. The van der Waals surface area contributed by atoms with Crippen LogP contribution in [0.4, 0.5) is 8.78 Å². The first kappa shape index (κ1) is 19.3. The molecule has 0 amide bonds. The maximum atomic E-state index is 13.5. The Hall–Kier alpha value is -2.64. The number of aromatic nitrogens is 2. The fraction of sp³-hybridized carbons (Fsp3) is 0.391. The molecule has 30 heavy (non-hydrogen) atoms. The first-order chi connectivity index (χ1) is 14.4. The van der Waals surface area contributed by atoms with Gasteiger partial charge in [-0.15, -0.1) is 0 Å². The van der Waals surface area contributed by atoms with E-state index in [1.54, 1.807) is 6.33 Å². The van der Waals surface area contributed by atoms with Crippen LogP contribution in [0.3, 0.4) is 0 Å². The molecule has 7 heteroatoms. The summed E-state index contributed by atoms with van der Waals surface area (Å²) in [7, 11) is 0. The number of rotatable bonds is 4. The summed E-state index contributed by atoms with van der Waals surface area (Å²) >= 11 is 0. The van der Waals surface area contributed by atoms with E-state index in [-0.39, 0.29) is 24.2 Å². The maximum absolute atomic E-state index is 13.5. The molecule has 1 spiro atoms. The fourth-order valence-electron chi connectivity index (χ4n) is 4.63. The number of nitrogens with one attached hydrogen (secondary N) is 1. The Balaban J connectivity index is 1.24. The second kappa shape index (κ2) is 7.25. The molecule has 5 rings (SSSR count). The minimum absolute atomic E-state index is 0.0389. The predicted molar refractivity (Wildman–Crippen MR) is 111 cm³/mol. The second-order valence-electron chi connectivity index (χ2n) is 8.53. The van der Waals surface area contributed by atoms with Crippen molar-refractivity contribution in [3.05, 3.63) is 60.4 Å². The van der Waals surface area contributed by atoms with Crippen LogP contribution in [0.25, 0.3) is 16.7 Å². The van der Waals surface area contributed by atoms with Gasteiger partial charge in [-0.2, -0.15) is 0 Å². The molecule has 0 atom stereocenters. The number of ketones is 1. The molecular weight excluding hydrogens is 386 g/mol. The Bertz CT molecular complexity index is 1070. The number of halogens is 2. The summed E-state index contributed by atoms with van der Waals surface area (Å²) in [5, 5.41) is 3.39. The molecular formula is C23H24F2N4O. The Labute approximate surface area is 173 Å². The molecule has 1 aromatic heterocycles. The largest absolute Gasteiger partial charge is 0.299 e. The van der Waals surface area contributed by atoms with Crippen LogP contribution in [0.2, 0.25) is 0 Å². The average molecular weight is 410 g/mol. The number of carbonyl (C=O) groups excluding carboxylic acids is 1. The Kier molecular flexibility index (Phi) is 4.67. The van der Waals surface area contributed by atoms with Crippen molar-refractivity contribution < 1.29 is 13.6 Å². The Morgan fingerprint density at radius 2 is 1.77 bits per heavy atom. The number of fused-ring (bicyclic) bond motifs is 1. The number of alkyl halides is 2. The van der Waals surface area contributed by atoms with Crippen molar-refractivity contribution in [1.82, 2.24) is 19.8 Å². The molecule has 1 N–H and O–H groups in total. The molecule has 1 aliphatic heterocycles. The van der Waals surface area contributed by atoms with Crippen molar-refractivity contribution in [1.29, 1.82) is 0 Å². The van der Waals surface area contributed by atoms with E-state index in [4.69, 9.17) is 0 Å². The van der Waals surface area contributed by atoms with Gasteiger partial charge in [0.15, 0.2) is 5.78 Å². The van der Waals surface area contributed by atoms with Gasteiger partial charge in [0, 0.05) is 42.8 Å². The number of para-hydroxylation sites is 2. The lowest BCUT2D eigenvalue weighted by atomic mass is 9.80. The first-order valence-corrected chi connectivity index (χ1v) is 10.3. The highest BCUT2D eigenvalue weighted by Crippen LogP contribution is 2.40. The summed E-state index contributed by atoms with van der Waals surface area (Å²) in [6.45, 7) is 1.50. The van der Waals surface area contributed by atoms with Crippen molar-refractivity contribution in [2.75, 3.05) is 19.8 Å². The van der Waals surface area contributed by atoms with Crippen LogP contribution in [-0.4, -0.2) is 51.5 Å². The summed E-state index contributed by atoms with van der Waals surface area (Å²) < 4.78 is 29.0. The molecule has 2 heterocycles. The molecule has 0 unspecified atom stereocenters. The van der Waals surface area contributed by atoms with Gasteiger partial charge >= 0.3 is 0 Å². The molecule has 1 saturated heterocycles. The van der Waals surface area contributed by atoms with Gasteiger partial charge in [-0.25, -0.2) is 13.8 Å². The lowest BCUT2D eigenvalue weighted by Crippen LogP contribution is -2.48. The van der Waals surface area contributed by atoms with Gasteiger partial charge < -0.3 is 0 Å². The van der Waals surface area contributed by atoms with Crippen LogP contribution in [0, 0.1) is 0 Å². The second-order valence-corrected chi connectivity index (χ2v) is 8.53. The van der Waals surface area contributed by atoms with Crippen LogP contribution in [0.5, 0.6) is 0 Å². The zero-order chi connectivity index (χ0) is 20.8. The van der Waals surface area contributed by atoms with Crippen molar-refractivity contribution in [3.63, 3.8) is 0 Å². The summed E-state index contributed by atoms with van der Waals surface area (Å²) in [6.07, 6.45) is 2.54. The Morgan fingerprint density at radius 3 is 2.53 bits per heavy atom. The number of hydrogen-bond donors (Lipinski definition) is 1. The van der Waals surface area contributed by atoms with Gasteiger partial charge in [0.1, 0.15) is 6.33 Å². The maximum Gasteiger partial charge on any atom is 0.248 e. The molecule has 0 radical (unpaired) electrons. The van der Waals surface area contributed by atoms with E-state index in [0.717, 1.165) is 16.7 Å². The number of Topliss-reactive ketones (excluding diaryl/α,β-unsaturated/α-hetero) is 1. The molecule has 0 bridgehead atoms. The van der Waals surface area contributed by atoms with Crippen LogP contribution in [0.15, 0.2) is 54.9 Å². The zero-order valence-electron chi connectivity index (χ0n) is 16.7. The van der Waals surface area contributed by atoms with Gasteiger partial charge in [-0.1, -0.05) is 12.1 Å². The summed E-state index contributed by atoms with van der Waals surface area (Å²) in [5.74, 6) is -2.50. The molecule has 2 fully saturated rings. The van der Waals surface area contributed by atoms with Gasteiger partial charge in [0.05, 0.1) is 17.6 Å². The number of hydrogen-bond acceptors (Lipinski definition) is 4. The average Bonchev–Trinajstić information content (AvgIpc) is 3.35. The number of nitrogens with zero attached hydrogens (tertiary/aromatic N) is 3.